The molecule has 0 spiro atoms. The van der Waals surface area contributed by atoms with Gasteiger partial charge in [-0.1, -0.05) is 57.9 Å². The van der Waals surface area contributed by atoms with Gasteiger partial charge in [-0.05, 0) is 48.4 Å². The number of anilines is 2. The van der Waals surface area contributed by atoms with Gasteiger partial charge in [0.25, 0.3) is 5.69 Å². The van der Waals surface area contributed by atoms with Crippen molar-refractivity contribution in [2.45, 2.75) is 19.0 Å². The Bertz CT molecular complexity index is 1590. The molecule has 0 bridgehead atoms. The van der Waals surface area contributed by atoms with Crippen molar-refractivity contribution in [3.05, 3.63) is 103 Å². The summed E-state index contributed by atoms with van der Waals surface area (Å²) in [6, 6.07) is 14.8. The number of imide groups is 1. The zero-order valence-corrected chi connectivity index (χ0v) is 22.2. The van der Waals surface area contributed by atoms with Crippen LogP contribution >= 0.6 is 27.5 Å². The molecule has 0 N–H and O–H groups in total. The Morgan fingerprint density at radius 3 is 2.37 bits per heavy atom. The van der Waals surface area contributed by atoms with E-state index < -0.39 is 40.7 Å². The van der Waals surface area contributed by atoms with Crippen molar-refractivity contribution < 1.29 is 19.3 Å². The van der Waals surface area contributed by atoms with Gasteiger partial charge in [0.1, 0.15) is 6.04 Å². The molecule has 2 fully saturated rings. The summed E-state index contributed by atoms with van der Waals surface area (Å²) < 4.78 is 0.807. The lowest BCUT2D eigenvalue weighted by Crippen LogP contribution is -2.49. The second-order valence-corrected chi connectivity index (χ2v) is 10.9. The monoisotopic (exact) mass is 591 g/mol. The second-order valence-electron chi connectivity index (χ2n) is 9.57. The maximum atomic E-state index is 14.1. The molecule has 0 saturated carbocycles. The summed E-state index contributed by atoms with van der Waals surface area (Å²) in [7, 11) is 0. The van der Waals surface area contributed by atoms with Crippen LogP contribution in [0.2, 0.25) is 5.02 Å². The molecular formula is C28H19BrClN3O5. The number of carbonyl (C=O) groups excluding carboxylic acids is 3. The normalized spacial score (nSPS) is 23.3. The van der Waals surface area contributed by atoms with Gasteiger partial charge in [-0.2, -0.15) is 0 Å². The third-order valence-corrected chi connectivity index (χ3v) is 8.26. The largest absolute Gasteiger partial charge is 0.352 e. The molecule has 2 saturated heterocycles. The number of Topliss-reactive ketones (excluding diaryl/α,β-unsaturated/α-hetero) is 1. The second kappa shape index (κ2) is 8.89. The van der Waals surface area contributed by atoms with E-state index >= 15 is 0 Å². The van der Waals surface area contributed by atoms with E-state index in [1.54, 1.807) is 43.3 Å². The number of nitro benzene ring substituents is 1. The van der Waals surface area contributed by atoms with Crippen LogP contribution in [0.5, 0.6) is 0 Å². The highest BCUT2D eigenvalue weighted by Gasteiger charge is 2.64. The lowest BCUT2D eigenvalue weighted by Gasteiger charge is -2.36. The molecule has 6 rings (SSSR count). The maximum absolute atomic E-state index is 14.1. The lowest BCUT2D eigenvalue weighted by atomic mass is 9.86. The van der Waals surface area contributed by atoms with Crippen LogP contribution in [-0.4, -0.2) is 34.6 Å². The van der Waals surface area contributed by atoms with Crippen LogP contribution in [-0.2, 0) is 9.59 Å². The first kappa shape index (κ1) is 24.5. The molecule has 8 nitrogen and oxygen atoms in total. The van der Waals surface area contributed by atoms with E-state index in [-0.39, 0.29) is 17.2 Å². The van der Waals surface area contributed by atoms with Crippen molar-refractivity contribution in [2.75, 3.05) is 9.80 Å². The van der Waals surface area contributed by atoms with Gasteiger partial charge in [-0.3, -0.25) is 24.5 Å². The highest BCUT2D eigenvalue weighted by atomic mass is 79.9. The zero-order chi connectivity index (χ0) is 26.9. The molecule has 38 heavy (non-hydrogen) atoms. The van der Waals surface area contributed by atoms with Gasteiger partial charge >= 0.3 is 0 Å². The number of carbonyl (C=O) groups is 3. The fourth-order valence-corrected chi connectivity index (χ4v) is 6.29. The molecule has 2 amide bonds. The number of hydrogen-bond acceptors (Lipinski definition) is 6. The highest BCUT2D eigenvalue weighted by Crippen LogP contribution is 2.50. The minimum Gasteiger partial charge on any atom is -0.352 e. The molecule has 0 radical (unpaired) electrons. The topological polar surface area (TPSA) is 101 Å². The molecule has 3 aliphatic heterocycles. The Balaban J connectivity index is 1.49. The number of aryl methyl sites for hydroxylation is 1. The summed E-state index contributed by atoms with van der Waals surface area (Å²) >= 11 is 9.72. The first-order valence-corrected chi connectivity index (χ1v) is 13.0. The van der Waals surface area contributed by atoms with Crippen molar-refractivity contribution in [3.63, 3.8) is 0 Å². The smallest absolute Gasteiger partial charge is 0.269 e. The average Bonchev–Trinajstić information content (AvgIpc) is 3.37. The first-order chi connectivity index (χ1) is 18.2. The molecular weight excluding hydrogens is 574 g/mol. The van der Waals surface area contributed by atoms with Crippen LogP contribution in [0.4, 0.5) is 17.1 Å². The Hall–Kier alpha value is -3.82. The van der Waals surface area contributed by atoms with Crippen molar-refractivity contribution in [1.29, 1.82) is 0 Å². The molecule has 4 atom stereocenters. The zero-order valence-electron chi connectivity index (χ0n) is 19.9. The summed E-state index contributed by atoms with van der Waals surface area (Å²) in [5.74, 6) is -2.98. The molecule has 3 aromatic carbocycles. The van der Waals surface area contributed by atoms with Gasteiger partial charge in [-0.15, -0.1) is 0 Å². The van der Waals surface area contributed by atoms with Gasteiger partial charge in [0.2, 0.25) is 11.8 Å². The Labute approximate surface area is 230 Å². The van der Waals surface area contributed by atoms with Gasteiger partial charge in [0, 0.05) is 32.9 Å². The number of benzene rings is 3. The van der Waals surface area contributed by atoms with E-state index in [2.05, 4.69) is 15.9 Å². The van der Waals surface area contributed by atoms with Crippen molar-refractivity contribution >= 4 is 68.3 Å². The van der Waals surface area contributed by atoms with Crippen LogP contribution in [0.25, 0.3) is 6.08 Å². The lowest BCUT2D eigenvalue weighted by molar-refractivity contribution is -0.384. The number of rotatable bonds is 4. The molecule has 10 heteroatoms. The SMILES string of the molecule is Cc1cc([N+](=O)[O-])ccc1N1C(=O)[C@@H]2[C@H](C1=O)[C@H]1C=Cc3ccc(Cl)cc3N1[C@@H]2C(=O)c1ccc(Br)cc1. The van der Waals surface area contributed by atoms with Crippen LogP contribution in [0, 0.1) is 28.9 Å². The predicted molar refractivity (Wildman–Crippen MR) is 146 cm³/mol. The maximum Gasteiger partial charge on any atom is 0.269 e. The van der Waals surface area contributed by atoms with Gasteiger partial charge < -0.3 is 4.90 Å². The standard InChI is InChI=1S/C28H19BrClN3O5/c1-14-12-19(33(37)38)9-11-20(14)32-27(35)23-21-10-5-15-4-8-18(30)13-22(15)31(21)25(24(23)28(32)36)26(34)16-2-6-17(29)7-3-16/h2-13,21,23-25H,1H3/t21-,23-,24-,25+/m1/s1. The van der Waals surface area contributed by atoms with Gasteiger partial charge in [0.15, 0.2) is 5.78 Å². The van der Waals surface area contributed by atoms with Gasteiger partial charge in [0.05, 0.1) is 28.5 Å². The van der Waals surface area contributed by atoms with Crippen molar-refractivity contribution in [3.8, 4) is 0 Å². The van der Waals surface area contributed by atoms with E-state index in [4.69, 9.17) is 11.6 Å². The first-order valence-electron chi connectivity index (χ1n) is 11.9. The van der Waals surface area contributed by atoms with Gasteiger partial charge in [-0.25, -0.2) is 4.90 Å². The van der Waals surface area contributed by atoms with Crippen LogP contribution in [0.3, 0.4) is 0 Å². The molecule has 3 aromatic rings. The van der Waals surface area contributed by atoms with E-state index in [9.17, 15) is 24.5 Å². The Kier molecular flexibility index (Phi) is 5.73. The van der Waals surface area contributed by atoms with E-state index in [0.29, 0.717) is 21.8 Å². The quantitative estimate of drug-likeness (QED) is 0.169. The summed E-state index contributed by atoms with van der Waals surface area (Å²) in [6.07, 6.45) is 3.74. The number of amides is 2. The number of nitro groups is 1. The predicted octanol–water partition coefficient (Wildman–Crippen LogP) is 5.59. The number of fused-ring (bicyclic) bond motifs is 5. The molecule has 190 valence electrons. The summed E-state index contributed by atoms with van der Waals surface area (Å²) in [5, 5.41) is 11.7. The number of nitrogens with zero attached hydrogens (tertiary/aromatic N) is 3. The average molecular weight is 593 g/mol. The summed E-state index contributed by atoms with van der Waals surface area (Å²) in [6.45, 7) is 1.62. The number of non-ortho nitro benzene ring substituents is 1. The molecule has 0 unspecified atom stereocenters. The summed E-state index contributed by atoms with van der Waals surface area (Å²) in [4.78, 5) is 55.7. The molecule has 3 heterocycles. The number of halogens is 2. The molecule has 3 aliphatic rings. The number of ketones is 1. The Morgan fingerprint density at radius 1 is 0.974 bits per heavy atom. The highest BCUT2D eigenvalue weighted by molar-refractivity contribution is 9.10. The fourth-order valence-electron chi connectivity index (χ4n) is 5.86. The van der Waals surface area contributed by atoms with Crippen LogP contribution in [0.1, 0.15) is 21.5 Å². The fraction of sp³-hybridized carbons (Fsp3) is 0.179. The van der Waals surface area contributed by atoms with Crippen molar-refractivity contribution in [2.24, 2.45) is 11.8 Å². The third kappa shape index (κ3) is 3.60. The number of hydrogen-bond donors (Lipinski definition) is 0. The van der Waals surface area contributed by atoms with E-state index in [0.717, 1.165) is 14.9 Å². The van der Waals surface area contributed by atoms with Crippen molar-refractivity contribution in [1.82, 2.24) is 0 Å². The third-order valence-electron chi connectivity index (χ3n) is 7.50. The van der Waals surface area contributed by atoms with Crippen LogP contribution < -0.4 is 9.80 Å². The molecule has 0 aromatic heterocycles. The van der Waals surface area contributed by atoms with E-state index in [1.165, 1.54) is 18.2 Å². The van der Waals surface area contributed by atoms with E-state index in [1.807, 2.05) is 23.1 Å². The Morgan fingerprint density at radius 2 is 1.68 bits per heavy atom. The van der Waals surface area contributed by atoms with Crippen LogP contribution in [0.15, 0.2) is 71.2 Å². The minimum absolute atomic E-state index is 0.135. The minimum atomic E-state index is -0.951. The summed E-state index contributed by atoms with van der Waals surface area (Å²) in [5.41, 5.74) is 2.51. The molecule has 0 aliphatic carbocycles.